The topological polar surface area (TPSA) is 40.6 Å². The third-order valence-corrected chi connectivity index (χ3v) is 6.42. The van der Waals surface area contributed by atoms with Crippen LogP contribution in [0.1, 0.15) is 24.1 Å². The largest absolute Gasteiger partial charge is 0.342 e. The molecule has 0 aliphatic carbocycles. The van der Waals surface area contributed by atoms with Crippen molar-refractivity contribution in [2.75, 3.05) is 31.6 Å². The molecule has 0 unspecified atom stereocenters. The van der Waals surface area contributed by atoms with Crippen LogP contribution in [-0.2, 0) is 16.0 Å². The van der Waals surface area contributed by atoms with E-state index < -0.39 is 0 Å². The lowest BCUT2D eigenvalue weighted by Gasteiger charge is -2.47. The zero-order valence-electron chi connectivity index (χ0n) is 13.6. The molecule has 4 nitrogen and oxygen atoms in total. The molecule has 3 heterocycles. The van der Waals surface area contributed by atoms with Crippen molar-refractivity contribution in [3.8, 4) is 0 Å². The summed E-state index contributed by atoms with van der Waals surface area (Å²) in [6, 6.07) is 4.53. The van der Waals surface area contributed by atoms with Crippen molar-refractivity contribution in [3.63, 3.8) is 0 Å². The highest BCUT2D eigenvalue weighted by Crippen LogP contribution is 2.31. The lowest BCUT2D eigenvalue weighted by Crippen LogP contribution is -2.57. The Hall–Kier alpha value is -1.01. The van der Waals surface area contributed by atoms with Crippen molar-refractivity contribution < 1.29 is 9.59 Å². The Morgan fingerprint density at radius 3 is 3.04 bits per heavy atom. The van der Waals surface area contributed by atoms with Crippen LogP contribution in [0, 0.1) is 5.92 Å². The van der Waals surface area contributed by atoms with E-state index in [4.69, 9.17) is 0 Å². The highest BCUT2D eigenvalue weighted by Gasteiger charge is 2.39. The molecule has 0 saturated carbocycles. The Kier molecular flexibility index (Phi) is 5.64. The smallest absolute Gasteiger partial charge is 0.232 e. The van der Waals surface area contributed by atoms with E-state index in [0.717, 1.165) is 38.9 Å². The first-order valence-electron chi connectivity index (χ1n) is 8.27. The van der Waals surface area contributed by atoms with Gasteiger partial charge >= 0.3 is 0 Å². The molecule has 2 fully saturated rings. The van der Waals surface area contributed by atoms with Crippen molar-refractivity contribution in [3.05, 3.63) is 22.4 Å². The molecule has 2 amide bonds. The molecule has 0 N–H and O–H groups in total. The van der Waals surface area contributed by atoms with Gasteiger partial charge in [-0.15, -0.1) is 11.3 Å². The first kappa shape index (κ1) is 16.8. The fourth-order valence-corrected chi connectivity index (χ4v) is 4.90. The molecule has 0 bridgehead atoms. The van der Waals surface area contributed by atoms with Gasteiger partial charge in [0, 0.05) is 37.0 Å². The summed E-state index contributed by atoms with van der Waals surface area (Å²) in [7, 11) is 0. The summed E-state index contributed by atoms with van der Waals surface area (Å²) in [6.45, 7) is 2.44. The zero-order valence-corrected chi connectivity index (χ0v) is 15.2. The zero-order chi connectivity index (χ0) is 16.2. The van der Waals surface area contributed by atoms with Crippen LogP contribution in [-0.4, -0.2) is 59.3 Å². The van der Waals surface area contributed by atoms with E-state index in [1.54, 1.807) is 23.1 Å². The summed E-state index contributed by atoms with van der Waals surface area (Å²) >= 11 is 3.34. The van der Waals surface area contributed by atoms with Crippen LogP contribution in [0.25, 0.3) is 0 Å². The van der Waals surface area contributed by atoms with Gasteiger partial charge in [0.25, 0.3) is 0 Å². The number of thiophene rings is 1. The summed E-state index contributed by atoms with van der Waals surface area (Å²) < 4.78 is 0. The monoisotopic (exact) mass is 352 g/mol. The lowest BCUT2D eigenvalue weighted by atomic mass is 9.83. The molecule has 2 aliphatic rings. The van der Waals surface area contributed by atoms with Crippen LogP contribution >= 0.6 is 23.1 Å². The number of likely N-dealkylation sites (tertiary alicyclic amines) is 2. The predicted octanol–water partition coefficient (Wildman–Crippen LogP) is 2.49. The maximum atomic E-state index is 12.4. The maximum absolute atomic E-state index is 12.4. The molecule has 126 valence electrons. The summed E-state index contributed by atoms with van der Waals surface area (Å²) in [5, 5.41) is 2.09. The number of hydrogen-bond donors (Lipinski definition) is 0. The molecule has 6 heteroatoms. The molecule has 2 atom stereocenters. The minimum atomic E-state index is 0.248. The van der Waals surface area contributed by atoms with Crippen LogP contribution in [0.4, 0.5) is 0 Å². The van der Waals surface area contributed by atoms with E-state index in [2.05, 4.69) is 22.4 Å². The first-order chi connectivity index (χ1) is 11.2. The van der Waals surface area contributed by atoms with Crippen LogP contribution in [0.3, 0.4) is 0 Å². The van der Waals surface area contributed by atoms with Crippen molar-refractivity contribution in [2.45, 2.75) is 31.7 Å². The van der Waals surface area contributed by atoms with Gasteiger partial charge in [0.1, 0.15) is 0 Å². The third-order valence-electron chi connectivity index (χ3n) is 4.94. The highest BCUT2D eigenvalue weighted by atomic mass is 32.2. The molecule has 0 aromatic carbocycles. The van der Waals surface area contributed by atoms with Crippen molar-refractivity contribution >= 4 is 34.9 Å². The third kappa shape index (κ3) is 3.91. The second-order valence-electron chi connectivity index (χ2n) is 6.34. The maximum Gasteiger partial charge on any atom is 0.232 e. The van der Waals surface area contributed by atoms with E-state index in [1.165, 1.54) is 4.88 Å². The fraction of sp³-hybridized carbons (Fsp3) is 0.647. The van der Waals surface area contributed by atoms with Gasteiger partial charge in [-0.05, 0) is 42.9 Å². The number of nitrogens with zero attached hydrogens (tertiary/aromatic N) is 2. The van der Waals surface area contributed by atoms with Gasteiger partial charge < -0.3 is 9.80 Å². The molecular weight excluding hydrogens is 328 g/mol. The Bertz CT molecular complexity index is 547. The second-order valence-corrected chi connectivity index (χ2v) is 8.24. The van der Waals surface area contributed by atoms with Crippen LogP contribution in [0.2, 0.25) is 0 Å². The van der Waals surface area contributed by atoms with Crippen molar-refractivity contribution in [1.29, 1.82) is 0 Å². The molecule has 0 radical (unpaired) electrons. The molecule has 1 aromatic rings. The van der Waals surface area contributed by atoms with Crippen LogP contribution < -0.4 is 0 Å². The number of piperidine rings is 2. The Morgan fingerprint density at radius 1 is 1.43 bits per heavy atom. The number of amides is 2. The lowest BCUT2D eigenvalue weighted by molar-refractivity contribution is -0.143. The van der Waals surface area contributed by atoms with Gasteiger partial charge in [-0.3, -0.25) is 9.59 Å². The first-order valence-corrected chi connectivity index (χ1v) is 10.5. The summed E-state index contributed by atoms with van der Waals surface area (Å²) in [4.78, 5) is 29.9. The normalized spacial score (nSPS) is 24.7. The van der Waals surface area contributed by atoms with E-state index in [-0.39, 0.29) is 5.91 Å². The Balaban J connectivity index is 1.61. The van der Waals surface area contributed by atoms with Crippen LogP contribution in [0.5, 0.6) is 0 Å². The fourth-order valence-electron chi connectivity index (χ4n) is 3.77. The average Bonchev–Trinajstić information content (AvgIpc) is 3.07. The molecule has 0 spiro atoms. The number of carbonyl (C=O) groups is 2. The minimum Gasteiger partial charge on any atom is -0.342 e. The Labute approximate surface area is 146 Å². The number of fused-ring (bicyclic) bond motifs is 1. The summed E-state index contributed by atoms with van der Waals surface area (Å²) in [5.74, 6) is 1.57. The quantitative estimate of drug-likeness (QED) is 0.817. The minimum absolute atomic E-state index is 0.248. The van der Waals surface area contributed by atoms with E-state index in [0.29, 0.717) is 30.0 Å². The predicted molar refractivity (Wildman–Crippen MR) is 95.8 cm³/mol. The summed E-state index contributed by atoms with van der Waals surface area (Å²) in [5.41, 5.74) is 0. The van der Waals surface area contributed by atoms with E-state index in [9.17, 15) is 9.59 Å². The number of hydrogen-bond acceptors (Lipinski definition) is 4. The van der Waals surface area contributed by atoms with Gasteiger partial charge in [0.15, 0.2) is 0 Å². The molecule has 2 saturated heterocycles. The number of rotatable bonds is 5. The number of carbonyl (C=O) groups excluding carboxylic acids is 2. The van der Waals surface area contributed by atoms with E-state index >= 15 is 0 Å². The van der Waals surface area contributed by atoms with E-state index in [1.807, 2.05) is 11.2 Å². The van der Waals surface area contributed by atoms with Gasteiger partial charge in [-0.2, -0.15) is 11.8 Å². The number of thioether (sulfide) groups is 1. The van der Waals surface area contributed by atoms with Gasteiger partial charge in [0.2, 0.25) is 11.8 Å². The molecule has 2 aliphatic heterocycles. The van der Waals surface area contributed by atoms with Crippen LogP contribution in [0.15, 0.2) is 17.5 Å². The van der Waals surface area contributed by atoms with Crippen molar-refractivity contribution in [2.24, 2.45) is 5.92 Å². The summed E-state index contributed by atoms with van der Waals surface area (Å²) in [6.07, 6.45) is 5.41. The molecule has 23 heavy (non-hydrogen) atoms. The van der Waals surface area contributed by atoms with Gasteiger partial charge in [0.05, 0.1) is 5.75 Å². The standard InChI is InChI=1S/C17H24N2O2S2/c1-22-12-17(21)18-8-7-15-13(11-18)4-5-16(20)19(15)9-6-14-3-2-10-23-14/h2-3,10,13,15H,4-9,11-12H2,1H3/t13-,15+/m0/s1. The molecule has 3 rings (SSSR count). The van der Waals surface area contributed by atoms with Gasteiger partial charge in [-0.25, -0.2) is 0 Å². The molecular formula is C17H24N2O2S2. The van der Waals surface area contributed by atoms with Gasteiger partial charge in [-0.1, -0.05) is 6.07 Å². The molecule has 1 aromatic heterocycles. The average molecular weight is 353 g/mol. The SMILES string of the molecule is CSCC(=O)N1CC[C@@H]2[C@@H](CCC(=O)N2CCc2cccs2)C1. The Morgan fingerprint density at radius 2 is 2.30 bits per heavy atom. The highest BCUT2D eigenvalue weighted by molar-refractivity contribution is 7.99. The van der Waals surface area contributed by atoms with Crippen molar-refractivity contribution in [1.82, 2.24) is 9.80 Å². The second kappa shape index (κ2) is 7.71.